The van der Waals surface area contributed by atoms with Gasteiger partial charge in [0.2, 0.25) is 0 Å². The summed E-state index contributed by atoms with van der Waals surface area (Å²) in [5, 5.41) is 16.6. The maximum absolute atomic E-state index is 11.2. The second-order valence-electron chi connectivity index (χ2n) is 7.61. The standard InChI is InChI=1S/C25H22N4O/c1-16-7-11-21(26-14-16)27-25(30)24-23(28-22-12-8-17(2)15-29(22)24)20-10-9-18-5-3-4-6-19(18)13-20/h3-15,25,30H,1-2H3,(H,26,27). The lowest BCUT2D eigenvalue weighted by molar-refractivity contribution is 0.202. The Labute approximate surface area is 174 Å². The number of aromatic nitrogens is 3. The molecule has 1 atom stereocenters. The van der Waals surface area contributed by atoms with Crippen LogP contribution >= 0.6 is 0 Å². The predicted octanol–water partition coefficient (Wildman–Crippen LogP) is 5.27. The second-order valence-corrected chi connectivity index (χ2v) is 7.61. The Morgan fingerprint density at radius 1 is 0.900 bits per heavy atom. The van der Waals surface area contributed by atoms with Crippen LogP contribution in [0.1, 0.15) is 23.0 Å². The molecule has 0 amide bonds. The number of nitrogens with zero attached hydrogens (tertiary/aromatic N) is 3. The van der Waals surface area contributed by atoms with Gasteiger partial charge in [-0.2, -0.15) is 0 Å². The molecular weight excluding hydrogens is 372 g/mol. The van der Waals surface area contributed by atoms with Gasteiger partial charge in [0.05, 0.1) is 11.4 Å². The van der Waals surface area contributed by atoms with Crippen LogP contribution in [0.25, 0.3) is 27.7 Å². The normalized spacial score (nSPS) is 12.4. The van der Waals surface area contributed by atoms with Gasteiger partial charge in [-0.3, -0.25) is 4.40 Å². The van der Waals surface area contributed by atoms with E-state index >= 15 is 0 Å². The Morgan fingerprint density at radius 3 is 2.50 bits per heavy atom. The zero-order chi connectivity index (χ0) is 20.7. The number of benzene rings is 2. The lowest BCUT2D eigenvalue weighted by Gasteiger charge is -2.16. The van der Waals surface area contributed by atoms with E-state index in [0.29, 0.717) is 11.5 Å². The third-order valence-corrected chi connectivity index (χ3v) is 5.28. The number of aliphatic hydroxyl groups is 1. The highest BCUT2D eigenvalue weighted by Crippen LogP contribution is 2.32. The van der Waals surface area contributed by atoms with Gasteiger partial charge in [-0.15, -0.1) is 0 Å². The molecule has 2 N–H and O–H groups in total. The highest BCUT2D eigenvalue weighted by atomic mass is 16.3. The number of aliphatic hydroxyl groups excluding tert-OH is 1. The first kappa shape index (κ1) is 18.3. The molecule has 0 spiro atoms. The van der Waals surface area contributed by atoms with E-state index in [0.717, 1.165) is 33.4 Å². The van der Waals surface area contributed by atoms with Crippen LogP contribution in [0, 0.1) is 13.8 Å². The van der Waals surface area contributed by atoms with Gasteiger partial charge in [-0.05, 0) is 53.9 Å². The summed E-state index contributed by atoms with van der Waals surface area (Å²) in [4.78, 5) is 9.22. The molecule has 0 saturated carbocycles. The number of pyridine rings is 2. The summed E-state index contributed by atoms with van der Waals surface area (Å²) in [7, 11) is 0. The summed E-state index contributed by atoms with van der Waals surface area (Å²) in [6.45, 7) is 4.01. The van der Waals surface area contributed by atoms with Crippen LogP contribution in [-0.2, 0) is 0 Å². The lowest BCUT2D eigenvalue weighted by Crippen LogP contribution is -2.14. The molecular formula is C25H22N4O. The topological polar surface area (TPSA) is 62.5 Å². The van der Waals surface area contributed by atoms with E-state index in [4.69, 9.17) is 4.98 Å². The van der Waals surface area contributed by atoms with Crippen molar-refractivity contribution in [3.05, 3.63) is 95.9 Å². The van der Waals surface area contributed by atoms with Crippen LogP contribution in [0.15, 0.2) is 79.1 Å². The second kappa shape index (κ2) is 7.28. The monoisotopic (exact) mass is 394 g/mol. The summed E-state index contributed by atoms with van der Waals surface area (Å²) < 4.78 is 1.95. The number of rotatable bonds is 4. The lowest BCUT2D eigenvalue weighted by atomic mass is 10.0. The Hall–Kier alpha value is -3.70. The molecule has 30 heavy (non-hydrogen) atoms. The van der Waals surface area contributed by atoms with E-state index in [1.807, 2.05) is 60.8 Å². The number of hydrogen-bond acceptors (Lipinski definition) is 4. The van der Waals surface area contributed by atoms with E-state index in [-0.39, 0.29) is 0 Å². The van der Waals surface area contributed by atoms with Crippen molar-refractivity contribution in [3.8, 4) is 11.3 Å². The molecule has 0 aliphatic carbocycles. The van der Waals surface area contributed by atoms with Crippen molar-refractivity contribution in [1.29, 1.82) is 0 Å². The van der Waals surface area contributed by atoms with Gasteiger partial charge >= 0.3 is 0 Å². The molecule has 5 heteroatoms. The molecule has 0 fully saturated rings. The third kappa shape index (κ3) is 3.29. The van der Waals surface area contributed by atoms with Crippen molar-refractivity contribution in [3.63, 3.8) is 0 Å². The third-order valence-electron chi connectivity index (χ3n) is 5.28. The Kier molecular flexibility index (Phi) is 4.45. The maximum atomic E-state index is 11.2. The number of aryl methyl sites for hydroxylation is 2. The van der Waals surface area contributed by atoms with Crippen molar-refractivity contribution in [2.75, 3.05) is 5.32 Å². The summed E-state index contributed by atoms with van der Waals surface area (Å²) in [5.74, 6) is 0.611. The van der Waals surface area contributed by atoms with Crippen molar-refractivity contribution in [1.82, 2.24) is 14.4 Å². The minimum Gasteiger partial charge on any atom is -0.368 e. The SMILES string of the molecule is Cc1ccc(NC(O)c2c(-c3ccc4ccccc4c3)nc3ccc(C)cn23)nc1. The number of hydrogen-bond donors (Lipinski definition) is 2. The molecule has 5 aromatic rings. The Balaban J connectivity index is 1.66. The van der Waals surface area contributed by atoms with Crippen molar-refractivity contribution < 1.29 is 5.11 Å². The largest absolute Gasteiger partial charge is 0.368 e. The first-order chi connectivity index (χ1) is 14.6. The fourth-order valence-corrected chi connectivity index (χ4v) is 3.74. The maximum Gasteiger partial charge on any atom is 0.169 e. The number of fused-ring (bicyclic) bond motifs is 2. The van der Waals surface area contributed by atoms with E-state index in [9.17, 15) is 5.11 Å². The first-order valence-corrected chi connectivity index (χ1v) is 9.93. The number of nitrogens with one attached hydrogen (secondary N) is 1. The molecule has 2 aromatic carbocycles. The van der Waals surface area contributed by atoms with Crippen molar-refractivity contribution in [2.24, 2.45) is 0 Å². The molecule has 0 aliphatic rings. The van der Waals surface area contributed by atoms with Gasteiger partial charge in [-0.25, -0.2) is 9.97 Å². The molecule has 3 aromatic heterocycles. The zero-order valence-electron chi connectivity index (χ0n) is 16.9. The highest BCUT2D eigenvalue weighted by molar-refractivity contribution is 5.87. The molecule has 5 nitrogen and oxygen atoms in total. The quantitative estimate of drug-likeness (QED) is 0.408. The fraction of sp³-hybridized carbons (Fsp3) is 0.120. The van der Waals surface area contributed by atoms with Crippen molar-refractivity contribution >= 4 is 22.2 Å². The van der Waals surface area contributed by atoms with Crippen LogP contribution < -0.4 is 5.32 Å². The van der Waals surface area contributed by atoms with E-state index in [1.54, 1.807) is 6.20 Å². The van der Waals surface area contributed by atoms with Crippen molar-refractivity contribution in [2.45, 2.75) is 20.1 Å². The molecule has 0 bridgehead atoms. The van der Waals surface area contributed by atoms with Gasteiger partial charge in [0.25, 0.3) is 0 Å². The van der Waals surface area contributed by atoms with Gasteiger partial charge in [-0.1, -0.05) is 48.5 Å². The molecule has 0 radical (unpaired) electrons. The minimum absolute atomic E-state index is 0.611. The van der Waals surface area contributed by atoms with Gasteiger partial charge in [0.15, 0.2) is 6.23 Å². The molecule has 3 heterocycles. The average molecular weight is 394 g/mol. The zero-order valence-corrected chi connectivity index (χ0v) is 16.9. The van der Waals surface area contributed by atoms with E-state index in [2.05, 4.69) is 40.6 Å². The van der Waals surface area contributed by atoms with Crippen LogP contribution in [0.2, 0.25) is 0 Å². The molecule has 148 valence electrons. The molecule has 1 unspecified atom stereocenters. The first-order valence-electron chi connectivity index (χ1n) is 9.93. The summed E-state index contributed by atoms with van der Waals surface area (Å²) in [6, 6.07) is 22.3. The van der Waals surface area contributed by atoms with Crippen LogP contribution in [0.3, 0.4) is 0 Å². The molecule has 0 aliphatic heterocycles. The number of imidazole rings is 1. The summed E-state index contributed by atoms with van der Waals surface area (Å²) in [5.41, 5.74) is 5.34. The van der Waals surface area contributed by atoms with E-state index in [1.165, 1.54) is 5.39 Å². The summed E-state index contributed by atoms with van der Waals surface area (Å²) >= 11 is 0. The molecule has 5 rings (SSSR count). The molecule has 0 saturated heterocycles. The number of anilines is 1. The van der Waals surface area contributed by atoms with E-state index < -0.39 is 6.23 Å². The Morgan fingerprint density at radius 2 is 1.70 bits per heavy atom. The summed E-state index contributed by atoms with van der Waals surface area (Å²) in [6.07, 6.45) is 2.80. The average Bonchev–Trinajstić information content (AvgIpc) is 3.13. The fourth-order valence-electron chi connectivity index (χ4n) is 3.74. The van der Waals surface area contributed by atoms with Gasteiger partial charge < -0.3 is 10.4 Å². The van der Waals surface area contributed by atoms with Crippen LogP contribution in [0.4, 0.5) is 5.82 Å². The highest BCUT2D eigenvalue weighted by Gasteiger charge is 2.21. The van der Waals surface area contributed by atoms with Crippen LogP contribution in [0.5, 0.6) is 0 Å². The minimum atomic E-state index is -0.974. The van der Waals surface area contributed by atoms with Gasteiger partial charge in [0, 0.05) is 18.0 Å². The van der Waals surface area contributed by atoms with Gasteiger partial charge in [0.1, 0.15) is 11.5 Å². The Bertz CT molecular complexity index is 1360. The predicted molar refractivity (Wildman–Crippen MR) is 120 cm³/mol. The van der Waals surface area contributed by atoms with Crippen LogP contribution in [-0.4, -0.2) is 19.5 Å². The smallest absolute Gasteiger partial charge is 0.169 e.